The van der Waals surface area contributed by atoms with Crippen molar-refractivity contribution in [3.63, 3.8) is 0 Å². The fourth-order valence-corrected chi connectivity index (χ4v) is 2.77. The number of nitrogens with zero attached hydrogens (tertiary/aromatic N) is 3. The number of carbonyl (C=O) groups is 1. The Bertz CT molecular complexity index is 827. The van der Waals surface area contributed by atoms with Crippen molar-refractivity contribution in [1.29, 1.82) is 0 Å². The van der Waals surface area contributed by atoms with Crippen LogP contribution < -0.4 is 0 Å². The summed E-state index contributed by atoms with van der Waals surface area (Å²) in [5, 5.41) is 10.2. The smallest absolute Gasteiger partial charge is 0.335 e. The molecule has 0 atom stereocenters. The van der Waals surface area contributed by atoms with E-state index in [4.69, 9.17) is 5.11 Å². The van der Waals surface area contributed by atoms with E-state index in [2.05, 4.69) is 14.1 Å². The van der Waals surface area contributed by atoms with Crippen LogP contribution in [0.4, 0.5) is 0 Å². The van der Waals surface area contributed by atoms with Crippen molar-refractivity contribution in [2.45, 2.75) is 25.4 Å². The highest BCUT2D eigenvalue weighted by Gasteiger charge is 2.25. The third-order valence-electron chi connectivity index (χ3n) is 4.04. The van der Waals surface area contributed by atoms with Crippen molar-refractivity contribution in [2.75, 3.05) is 0 Å². The minimum Gasteiger partial charge on any atom is -0.478 e. The normalized spacial score (nSPS) is 14.7. The maximum Gasteiger partial charge on any atom is 0.335 e. The van der Waals surface area contributed by atoms with Gasteiger partial charge in [0.05, 0.1) is 24.1 Å². The summed E-state index contributed by atoms with van der Waals surface area (Å²) in [5.41, 5.74) is 2.42. The number of hydrogen-bond acceptors (Lipinski definition) is 2. The summed E-state index contributed by atoms with van der Waals surface area (Å²) in [6.45, 7) is 0.711. The van der Waals surface area contributed by atoms with Gasteiger partial charge in [-0.15, -0.1) is 0 Å². The molecule has 4 rings (SSSR count). The maximum absolute atomic E-state index is 11.1. The molecule has 0 amide bonds. The first kappa shape index (κ1) is 12.2. The van der Waals surface area contributed by atoms with Gasteiger partial charge < -0.3 is 14.2 Å². The van der Waals surface area contributed by atoms with E-state index in [0.717, 1.165) is 16.6 Å². The van der Waals surface area contributed by atoms with E-state index in [1.165, 1.54) is 12.8 Å². The van der Waals surface area contributed by atoms with Crippen LogP contribution in [0.25, 0.3) is 10.9 Å². The summed E-state index contributed by atoms with van der Waals surface area (Å²) in [6.07, 6.45) is 8.23. The molecule has 0 bridgehead atoms. The zero-order chi connectivity index (χ0) is 14.4. The number of benzene rings is 1. The van der Waals surface area contributed by atoms with Gasteiger partial charge in [-0.1, -0.05) is 6.07 Å². The van der Waals surface area contributed by atoms with Crippen LogP contribution in [0.2, 0.25) is 0 Å². The molecule has 1 aliphatic carbocycles. The number of imidazole rings is 1. The Morgan fingerprint density at radius 3 is 2.95 bits per heavy atom. The Balaban J connectivity index is 1.74. The SMILES string of the molecule is O=C(O)c1ccc2ccn(Cc3cncn3C3CC3)c2c1. The molecule has 1 aliphatic rings. The van der Waals surface area contributed by atoms with Gasteiger partial charge in [0, 0.05) is 24.0 Å². The van der Waals surface area contributed by atoms with Crippen molar-refractivity contribution in [3.05, 3.63) is 54.2 Å². The van der Waals surface area contributed by atoms with E-state index in [1.54, 1.807) is 12.1 Å². The third-order valence-corrected chi connectivity index (χ3v) is 4.04. The summed E-state index contributed by atoms with van der Waals surface area (Å²) in [4.78, 5) is 15.4. The molecule has 0 spiro atoms. The van der Waals surface area contributed by atoms with Crippen LogP contribution in [0.15, 0.2) is 43.0 Å². The molecular formula is C16H15N3O2. The Morgan fingerprint density at radius 1 is 1.33 bits per heavy atom. The molecule has 0 unspecified atom stereocenters. The fourth-order valence-electron chi connectivity index (χ4n) is 2.77. The second kappa shape index (κ2) is 4.48. The predicted octanol–water partition coefficient (Wildman–Crippen LogP) is 2.92. The lowest BCUT2D eigenvalue weighted by Crippen LogP contribution is -2.05. The van der Waals surface area contributed by atoms with Crippen LogP contribution >= 0.6 is 0 Å². The van der Waals surface area contributed by atoms with Crippen LogP contribution in [-0.4, -0.2) is 25.2 Å². The van der Waals surface area contributed by atoms with Gasteiger partial charge in [-0.05, 0) is 36.4 Å². The Morgan fingerprint density at radius 2 is 2.19 bits per heavy atom. The molecule has 0 radical (unpaired) electrons. The van der Waals surface area contributed by atoms with Crippen molar-refractivity contribution >= 4 is 16.9 Å². The van der Waals surface area contributed by atoms with Crippen LogP contribution in [0.1, 0.15) is 34.9 Å². The molecule has 3 aromatic rings. The molecule has 5 heteroatoms. The van der Waals surface area contributed by atoms with E-state index in [-0.39, 0.29) is 0 Å². The van der Waals surface area contributed by atoms with Gasteiger partial charge in [0.2, 0.25) is 0 Å². The van der Waals surface area contributed by atoms with Crippen molar-refractivity contribution in [3.8, 4) is 0 Å². The number of carboxylic acid groups (broad SMARTS) is 1. The molecule has 1 aromatic carbocycles. The van der Waals surface area contributed by atoms with Gasteiger partial charge in [-0.3, -0.25) is 0 Å². The number of rotatable bonds is 4. The number of hydrogen-bond donors (Lipinski definition) is 1. The average Bonchev–Trinajstić information content (AvgIpc) is 3.09. The molecule has 1 saturated carbocycles. The summed E-state index contributed by atoms with van der Waals surface area (Å²) in [6, 6.07) is 7.84. The second-order valence-corrected chi connectivity index (χ2v) is 5.55. The monoisotopic (exact) mass is 281 g/mol. The Hall–Kier alpha value is -2.56. The van der Waals surface area contributed by atoms with Crippen LogP contribution in [0.3, 0.4) is 0 Å². The number of fused-ring (bicyclic) bond motifs is 1. The first-order chi connectivity index (χ1) is 10.2. The average molecular weight is 281 g/mol. The lowest BCUT2D eigenvalue weighted by atomic mass is 10.1. The second-order valence-electron chi connectivity index (χ2n) is 5.55. The highest BCUT2D eigenvalue weighted by Crippen LogP contribution is 2.35. The molecule has 1 fully saturated rings. The van der Waals surface area contributed by atoms with Crippen LogP contribution in [0, 0.1) is 0 Å². The van der Waals surface area contributed by atoms with E-state index in [0.29, 0.717) is 18.2 Å². The van der Waals surface area contributed by atoms with E-state index < -0.39 is 5.97 Å². The fraction of sp³-hybridized carbons (Fsp3) is 0.250. The molecule has 0 aliphatic heterocycles. The summed E-state index contributed by atoms with van der Waals surface area (Å²) < 4.78 is 4.31. The molecule has 1 N–H and O–H groups in total. The summed E-state index contributed by atoms with van der Waals surface area (Å²) in [7, 11) is 0. The zero-order valence-electron chi connectivity index (χ0n) is 11.4. The first-order valence-electron chi connectivity index (χ1n) is 7.05. The minimum atomic E-state index is -0.896. The molecule has 5 nitrogen and oxygen atoms in total. The quantitative estimate of drug-likeness (QED) is 0.800. The number of aromatic carboxylic acids is 1. The Kier molecular flexibility index (Phi) is 2.60. The Labute approximate surface area is 121 Å². The van der Waals surface area contributed by atoms with Gasteiger partial charge in [0.15, 0.2) is 0 Å². The molecule has 2 aromatic heterocycles. The highest BCUT2D eigenvalue weighted by atomic mass is 16.4. The standard InChI is InChI=1S/C16H15N3O2/c20-16(21)12-2-1-11-5-6-18(15(11)7-12)9-14-8-17-10-19(14)13-3-4-13/h1-2,5-8,10,13H,3-4,9H2,(H,20,21). The zero-order valence-corrected chi connectivity index (χ0v) is 11.4. The third kappa shape index (κ3) is 2.11. The van der Waals surface area contributed by atoms with Crippen molar-refractivity contribution in [2.24, 2.45) is 0 Å². The molecule has 0 saturated heterocycles. The van der Waals surface area contributed by atoms with Crippen molar-refractivity contribution in [1.82, 2.24) is 14.1 Å². The summed E-state index contributed by atoms with van der Waals surface area (Å²) in [5.74, 6) is -0.896. The molecule has 106 valence electrons. The highest BCUT2D eigenvalue weighted by molar-refractivity contribution is 5.93. The predicted molar refractivity (Wildman–Crippen MR) is 78.5 cm³/mol. The number of aromatic nitrogens is 3. The first-order valence-corrected chi connectivity index (χ1v) is 7.05. The topological polar surface area (TPSA) is 60.0 Å². The van der Waals surface area contributed by atoms with Crippen molar-refractivity contribution < 1.29 is 9.90 Å². The lowest BCUT2D eigenvalue weighted by Gasteiger charge is -2.09. The number of carboxylic acids is 1. The van der Waals surface area contributed by atoms with Gasteiger partial charge in [-0.2, -0.15) is 0 Å². The van der Waals surface area contributed by atoms with Gasteiger partial charge in [0.25, 0.3) is 0 Å². The minimum absolute atomic E-state index is 0.318. The molecule has 21 heavy (non-hydrogen) atoms. The summed E-state index contributed by atoms with van der Waals surface area (Å²) >= 11 is 0. The van der Waals surface area contributed by atoms with E-state index >= 15 is 0 Å². The largest absolute Gasteiger partial charge is 0.478 e. The maximum atomic E-state index is 11.1. The van der Waals surface area contributed by atoms with E-state index in [9.17, 15) is 4.79 Å². The van der Waals surface area contributed by atoms with E-state index in [1.807, 2.05) is 30.9 Å². The van der Waals surface area contributed by atoms with Crippen LogP contribution in [-0.2, 0) is 6.54 Å². The molecule has 2 heterocycles. The van der Waals surface area contributed by atoms with Gasteiger partial charge in [-0.25, -0.2) is 9.78 Å². The lowest BCUT2D eigenvalue weighted by molar-refractivity contribution is 0.0697. The van der Waals surface area contributed by atoms with Crippen LogP contribution in [0.5, 0.6) is 0 Å². The van der Waals surface area contributed by atoms with Gasteiger partial charge >= 0.3 is 5.97 Å². The molecular weight excluding hydrogens is 266 g/mol. The van der Waals surface area contributed by atoms with Gasteiger partial charge in [0.1, 0.15) is 0 Å².